The number of esters is 2. The Hall–Kier alpha value is -4.75. The van der Waals surface area contributed by atoms with E-state index in [1.165, 1.54) is 24.3 Å². The maximum Gasteiger partial charge on any atom is 0.343 e. The number of carbonyl (C=O) groups is 2. The van der Waals surface area contributed by atoms with Gasteiger partial charge in [0.05, 0.1) is 17.2 Å². The van der Waals surface area contributed by atoms with Crippen LogP contribution < -0.4 is 4.74 Å². The molecule has 0 amide bonds. The predicted octanol–water partition coefficient (Wildman–Crippen LogP) is 4.25. The third-order valence-corrected chi connectivity index (χ3v) is 3.34. The van der Waals surface area contributed by atoms with Crippen LogP contribution in [-0.2, 0) is 9.53 Å². The summed E-state index contributed by atoms with van der Waals surface area (Å²) in [6, 6.07) is 14.3. The van der Waals surface area contributed by atoms with E-state index in [0.29, 0.717) is 16.9 Å². The molecule has 0 radical (unpaired) electrons. The zero-order chi connectivity index (χ0) is 21.1. The lowest BCUT2D eigenvalue weighted by molar-refractivity contribution is -0.131. The molecule has 0 bridgehead atoms. The first-order valence-electron chi connectivity index (χ1n) is 8.14. The first kappa shape index (κ1) is 20.6. The van der Waals surface area contributed by atoms with Crippen molar-refractivity contribution in [2.24, 2.45) is 0 Å². The van der Waals surface area contributed by atoms with Crippen molar-refractivity contribution in [1.29, 1.82) is 5.26 Å². The van der Waals surface area contributed by atoms with Crippen LogP contribution in [-0.4, -0.2) is 11.9 Å². The summed E-state index contributed by atoms with van der Waals surface area (Å²) in [5, 5.41) is 8.79. The first-order chi connectivity index (χ1) is 14.1. The number of nitriles is 1. The molecule has 0 heterocycles. The molecule has 29 heavy (non-hydrogen) atoms. The topological polar surface area (TPSA) is 76.4 Å². The largest absolute Gasteiger partial charge is 0.423 e. The van der Waals surface area contributed by atoms with Gasteiger partial charge in [0.1, 0.15) is 5.75 Å². The number of benzene rings is 2. The molecule has 0 fully saturated rings. The SMILES string of the molecule is C=C=C=C=C=C=C(OC(=O)C=C)c1ccc(C(=O)Oc2ccc(C#N)cc2)cc1. The van der Waals surface area contributed by atoms with Crippen LogP contribution in [0.2, 0.25) is 0 Å². The van der Waals surface area contributed by atoms with Crippen molar-refractivity contribution < 1.29 is 19.1 Å². The zero-order valence-corrected chi connectivity index (χ0v) is 15.2. The highest BCUT2D eigenvalue weighted by Crippen LogP contribution is 2.18. The lowest BCUT2D eigenvalue weighted by Gasteiger charge is -2.07. The van der Waals surface area contributed by atoms with Gasteiger partial charge in [0, 0.05) is 11.6 Å². The quantitative estimate of drug-likeness (QED) is 0.255. The highest BCUT2D eigenvalue weighted by molar-refractivity contribution is 5.91. The Morgan fingerprint density at radius 3 is 2.17 bits per heavy atom. The number of carbonyl (C=O) groups excluding carboxylic acids is 2. The summed E-state index contributed by atoms with van der Waals surface area (Å²) in [6.07, 6.45) is 1.01. The summed E-state index contributed by atoms with van der Waals surface area (Å²) >= 11 is 0. The summed E-state index contributed by atoms with van der Waals surface area (Å²) in [6.45, 7) is 6.68. The standard InChI is InChI=1S/C24H13NO4/c1-3-5-6-7-8-22(29-23(26)4-2)19-11-13-20(14-12-19)24(27)28-21-15-9-18(17-25)10-16-21/h4,9-16H,1-2H2. The number of ether oxygens (including phenoxy) is 2. The molecule has 0 aromatic heterocycles. The van der Waals surface area contributed by atoms with Gasteiger partial charge < -0.3 is 9.47 Å². The Morgan fingerprint density at radius 1 is 0.931 bits per heavy atom. The fourth-order valence-corrected chi connectivity index (χ4v) is 1.98. The van der Waals surface area contributed by atoms with E-state index in [9.17, 15) is 9.59 Å². The average Bonchev–Trinajstić information content (AvgIpc) is 2.76. The van der Waals surface area contributed by atoms with Crippen molar-refractivity contribution in [3.63, 3.8) is 0 Å². The van der Waals surface area contributed by atoms with Crippen LogP contribution in [0.15, 0.2) is 96.4 Å². The van der Waals surface area contributed by atoms with Crippen molar-refractivity contribution in [1.82, 2.24) is 0 Å². The molecule has 0 unspecified atom stereocenters. The van der Waals surface area contributed by atoms with Gasteiger partial charge in [-0.25, -0.2) is 9.59 Å². The van der Waals surface area contributed by atoms with Gasteiger partial charge in [-0.3, -0.25) is 0 Å². The molecule has 0 atom stereocenters. The highest BCUT2D eigenvalue weighted by atomic mass is 16.5. The fraction of sp³-hybridized carbons (Fsp3) is 0. The summed E-state index contributed by atoms with van der Waals surface area (Å²) in [7, 11) is 0. The number of hydrogen-bond donors (Lipinski definition) is 0. The minimum atomic E-state index is -0.679. The molecule has 0 N–H and O–H groups in total. The number of nitrogens with zero attached hydrogens (tertiary/aromatic N) is 1. The number of hydrogen-bond acceptors (Lipinski definition) is 5. The molecule has 0 saturated heterocycles. The van der Waals surface area contributed by atoms with Gasteiger partial charge in [-0.05, 0) is 78.0 Å². The molecule has 2 aromatic carbocycles. The van der Waals surface area contributed by atoms with E-state index in [1.54, 1.807) is 24.3 Å². The average molecular weight is 379 g/mol. The Morgan fingerprint density at radius 2 is 1.59 bits per heavy atom. The summed E-state index contributed by atoms with van der Waals surface area (Å²) in [5.41, 5.74) is 13.6. The van der Waals surface area contributed by atoms with Gasteiger partial charge in [-0.2, -0.15) is 5.26 Å². The molecule has 5 heteroatoms. The lowest BCUT2D eigenvalue weighted by Crippen LogP contribution is -2.08. The van der Waals surface area contributed by atoms with Crippen LogP contribution in [0.1, 0.15) is 21.5 Å². The summed E-state index contributed by atoms with van der Waals surface area (Å²) in [5.74, 6) is -0.889. The van der Waals surface area contributed by atoms with Crippen LogP contribution in [0, 0.1) is 11.3 Å². The number of rotatable bonds is 5. The monoisotopic (exact) mass is 379 g/mol. The van der Waals surface area contributed by atoms with Gasteiger partial charge in [-0.15, -0.1) is 0 Å². The van der Waals surface area contributed by atoms with Crippen molar-refractivity contribution in [3.05, 3.63) is 113 Å². The van der Waals surface area contributed by atoms with Gasteiger partial charge >= 0.3 is 11.9 Å². The molecule has 5 nitrogen and oxygen atoms in total. The highest BCUT2D eigenvalue weighted by Gasteiger charge is 2.11. The third-order valence-electron chi connectivity index (χ3n) is 3.34. The maximum atomic E-state index is 12.3. The molecule has 0 aliphatic carbocycles. The van der Waals surface area contributed by atoms with Crippen LogP contribution in [0.5, 0.6) is 5.75 Å². The molecule has 0 saturated carbocycles. The molecule has 138 valence electrons. The summed E-state index contributed by atoms with van der Waals surface area (Å²) in [4.78, 5) is 23.8. The van der Waals surface area contributed by atoms with Crippen LogP contribution in [0.3, 0.4) is 0 Å². The van der Waals surface area contributed by atoms with E-state index in [0.717, 1.165) is 6.08 Å². The molecule has 2 aromatic rings. The molecular weight excluding hydrogens is 366 g/mol. The van der Waals surface area contributed by atoms with Gasteiger partial charge in [-0.1, -0.05) is 12.3 Å². The van der Waals surface area contributed by atoms with E-state index in [2.05, 4.69) is 41.8 Å². The van der Waals surface area contributed by atoms with E-state index >= 15 is 0 Å². The molecule has 0 aliphatic rings. The second-order valence-electron chi connectivity index (χ2n) is 5.23. The summed E-state index contributed by atoms with van der Waals surface area (Å²) < 4.78 is 10.4. The second-order valence-corrected chi connectivity index (χ2v) is 5.23. The smallest absolute Gasteiger partial charge is 0.343 e. The minimum Gasteiger partial charge on any atom is -0.423 e. The maximum absolute atomic E-state index is 12.3. The predicted molar refractivity (Wildman–Crippen MR) is 105 cm³/mol. The Balaban J connectivity index is 2.28. The fourth-order valence-electron chi connectivity index (χ4n) is 1.98. The van der Waals surface area contributed by atoms with E-state index in [-0.39, 0.29) is 11.3 Å². The molecule has 0 spiro atoms. The van der Waals surface area contributed by atoms with Crippen LogP contribution >= 0.6 is 0 Å². The molecular formula is C24H13NO4. The van der Waals surface area contributed by atoms with Crippen molar-refractivity contribution in [2.75, 3.05) is 0 Å². The van der Waals surface area contributed by atoms with E-state index in [4.69, 9.17) is 14.7 Å². The molecule has 0 aliphatic heterocycles. The Labute approximate surface area is 167 Å². The normalized spacial score (nSPS) is 8.52. The van der Waals surface area contributed by atoms with E-state index in [1.807, 2.05) is 6.07 Å². The van der Waals surface area contributed by atoms with Crippen LogP contribution in [0.4, 0.5) is 0 Å². The molecule has 2 rings (SSSR count). The van der Waals surface area contributed by atoms with Crippen molar-refractivity contribution in [3.8, 4) is 11.8 Å². The Bertz CT molecular complexity index is 1180. The van der Waals surface area contributed by atoms with Crippen LogP contribution in [0.25, 0.3) is 5.76 Å². The minimum absolute atomic E-state index is 0.0558. The third kappa shape index (κ3) is 6.17. The lowest BCUT2D eigenvalue weighted by atomic mass is 10.1. The first-order valence-corrected chi connectivity index (χ1v) is 8.14. The van der Waals surface area contributed by atoms with Crippen molar-refractivity contribution >= 4 is 17.7 Å². The van der Waals surface area contributed by atoms with Gasteiger partial charge in [0.15, 0.2) is 5.76 Å². The second kappa shape index (κ2) is 10.4. The van der Waals surface area contributed by atoms with Crippen molar-refractivity contribution in [2.45, 2.75) is 0 Å². The van der Waals surface area contributed by atoms with Gasteiger partial charge in [0.25, 0.3) is 0 Å². The van der Waals surface area contributed by atoms with Gasteiger partial charge in [0.2, 0.25) is 0 Å². The Kier molecular flexibility index (Phi) is 7.38. The van der Waals surface area contributed by atoms with E-state index < -0.39 is 11.9 Å². The zero-order valence-electron chi connectivity index (χ0n) is 15.2.